The first-order chi connectivity index (χ1) is 9.58. The van der Waals surface area contributed by atoms with E-state index in [9.17, 15) is 14.7 Å². The molecule has 0 radical (unpaired) electrons. The Hall–Kier alpha value is -2.89. The van der Waals surface area contributed by atoms with Crippen molar-refractivity contribution < 1.29 is 9.90 Å². The number of aromatic amines is 1. The normalized spacial score (nSPS) is 10.8. The second kappa shape index (κ2) is 4.34. The molecule has 0 aliphatic rings. The van der Waals surface area contributed by atoms with Crippen LogP contribution in [0.25, 0.3) is 22.2 Å². The Kier molecular flexibility index (Phi) is 2.64. The summed E-state index contributed by atoms with van der Waals surface area (Å²) in [5.74, 6) is -1.25. The molecule has 100 valence electrons. The van der Waals surface area contributed by atoms with Gasteiger partial charge in [-0.2, -0.15) is 0 Å². The van der Waals surface area contributed by atoms with Crippen LogP contribution in [-0.4, -0.2) is 25.6 Å². The van der Waals surface area contributed by atoms with Gasteiger partial charge in [0.2, 0.25) is 0 Å². The van der Waals surface area contributed by atoms with Crippen molar-refractivity contribution >= 4 is 17.0 Å². The Balaban J connectivity index is 2.28. The molecular formula is C14H11N3O3. The number of carbonyl (C=O) groups is 1. The first-order valence-electron chi connectivity index (χ1n) is 5.94. The van der Waals surface area contributed by atoms with Gasteiger partial charge in [-0.1, -0.05) is 6.07 Å². The number of hydrogen-bond donors (Lipinski definition) is 2. The van der Waals surface area contributed by atoms with Crippen LogP contribution in [-0.2, 0) is 7.05 Å². The number of benzene rings is 1. The molecular weight excluding hydrogens is 258 g/mol. The van der Waals surface area contributed by atoms with Gasteiger partial charge in [0.25, 0.3) is 5.56 Å². The molecule has 0 spiro atoms. The van der Waals surface area contributed by atoms with Gasteiger partial charge < -0.3 is 14.7 Å². The lowest BCUT2D eigenvalue weighted by molar-refractivity contribution is 0.0696. The summed E-state index contributed by atoms with van der Waals surface area (Å²) in [5.41, 5.74) is 1.85. The van der Waals surface area contributed by atoms with Crippen LogP contribution in [0.1, 0.15) is 10.4 Å². The largest absolute Gasteiger partial charge is 0.477 e. The number of aromatic nitrogens is 3. The number of imidazole rings is 1. The molecule has 0 fully saturated rings. The van der Waals surface area contributed by atoms with Gasteiger partial charge in [-0.3, -0.25) is 4.79 Å². The average Bonchev–Trinajstić information content (AvgIpc) is 2.79. The molecule has 0 aliphatic heterocycles. The maximum atomic E-state index is 11.7. The Morgan fingerprint density at radius 1 is 1.35 bits per heavy atom. The summed E-state index contributed by atoms with van der Waals surface area (Å²) < 4.78 is 1.87. The SMILES string of the molecule is Cn1cnc2cc(-c3cc[nH]c(=O)c3C(=O)O)ccc21. The molecule has 2 N–H and O–H groups in total. The Labute approximate surface area is 113 Å². The summed E-state index contributed by atoms with van der Waals surface area (Å²) in [6.45, 7) is 0. The van der Waals surface area contributed by atoms with Crippen LogP contribution in [0.2, 0.25) is 0 Å². The fraction of sp³-hybridized carbons (Fsp3) is 0.0714. The van der Waals surface area contributed by atoms with Crippen molar-refractivity contribution in [2.24, 2.45) is 7.05 Å². The second-order valence-electron chi connectivity index (χ2n) is 4.46. The minimum Gasteiger partial charge on any atom is -0.477 e. The smallest absolute Gasteiger partial charge is 0.341 e. The molecule has 0 saturated carbocycles. The van der Waals surface area contributed by atoms with Crippen molar-refractivity contribution in [3.05, 3.63) is 52.7 Å². The van der Waals surface area contributed by atoms with Crippen molar-refractivity contribution in [3.63, 3.8) is 0 Å². The maximum absolute atomic E-state index is 11.7. The van der Waals surface area contributed by atoms with Crippen LogP contribution >= 0.6 is 0 Å². The zero-order valence-electron chi connectivity index (χ0n) is 10.6. The first-order valence-corrected chi connectivity index (χ1v) is 5.94. The third-order valence-corrected chi connectivity index (χ3v) is 3.21. The highest BCUT2D eigenvalue weighted by atomic mass is 16.4. The molecule has 0 aliphatic carbocycles. The highest BCUT2D eigenvalue weighted by molar-refractivity contribution is 5.96. The number of nitrogens with zero attached hydrogens (tertiary/aromatic N) is 2. The number of carboxylic acids is 1. The Bertz CT molecular complexity index is 877. The number of aryl methyl sites for hydroxylation is 1. The molecule has 2 heterocycles. The summed E-state index contributed by atoms with van der Waals surface area (Å²) in [7, 11) is 1.88. The van der Waals surface area contributed by atoms with Gasteiger partial charge in [0.1, 0.15) is 5.56 Å². The van der Waals surface area contributed by atoms with Crippen molar-refractivity contribution in [3.8, 4) is 11.1 Å². The Morgan fingerprint density at radius 2 is 2.15 bits per heavy atom. The predicted molar refractivity (Wildman–Crippen MR) is 73.7 cm³/mol. The number of aromatic carboxylic acids is 1. The third-order valence-electron chi connectivity index (χ3n) is 3.21. The molecule has 2 aromatic heterocycles. The molecule has 3 aromatic rings. The molecule has 0 amide bonds. The summed E-state index contributed by atoms with van der Waals surface area (Å²) in [4.78, 5) is 29.5. The summed E-state index contributed by atoms with van der Waals surface area (Å²) in [5, 5.41) is 9.19. The quantitative estimate of drug-likeness (QED) is 0.740. The number of nitrogens with one attached hydrogen (secondary N) is 1. The van der Waals surface area contributed by atoms with E-state index in [1.165, 1.54) is 6.20 Å². The van der Waals surface area contributed by atoms with Gasteiger partial charge in [-0.05, 0) is 23.8 Å². The lowest BCUT2D eigenvalue weighted by Gasteiger charge is -2.05. The van der Waals surface area contributed by atoms with Crippen molar-refractivity contribution in [2.75, 3.05) is 0 Å². The monoisotopic (exact) mass is 269 g/mol. The van der Waals surface area contributed by atoms with Gasteiger partial charge in [0, 0.05) is 18.8 Å². The van der Waals surface area contributed by atoms with Gasteiger partial charge in [0.15, 0.2) is 0 Å². The van der Waals surface area contributed by atoms with E-state index >= 15 is 0 Å². The number of rotatable bonds is 2. The number of pyridine rings is 1. The van der Waals surface area contributed by atoms with E-state index in [0.717, 1.165) is 11.0 Å². The molecule has 6 heteroatoms. The van der Waals surface area contributed by atoms with E-state index in [4.69, 9.17) is 0 Å². The second-order valence-corrected chi connectivity index (χ2v) is 4.46. The van der Waals surface area contributed by atoms with E-state index in [1.54, 1.807) is 24.5 Å². The minimum absolute atomic E-state index is 0.261. The summed E-state index contributed by atoms with van der Waals surface area (Å²) >= 11 is 0. The third kappa shape index (κ3) is 1.78. The van der Waals surface area contributed by atoms with Crippen molar-refractivity contribution in [1.82, 2.24) is 14.5 Å². The highest BCUT2D eigenvalue weighted by Gasteiger charge is 2.16. The van der Waals surface area contributed by atoms with Crippen LogP contribution in [0.5, 0.6) is 0 Å². The van der Waals surface area contributed by atoms with Gasteiger partial charge in [0.05, 0.1) is 17.4 Å². The standard InChI is InChI=1S/C14H11N3O3/c1-17-7-16-10-6-8(2-3-11(10)17)9-4-5-15-13(18)12(9)14(19)20/h2-7H,1H3,(H,15,18)(H,19,20). The maximum Gasteiger partial charge on any atom is 0.341 e. The van der Waals surface area contributed by atoms with Crippen LogP contribution in [0.4, 0.5) is 0 Å². The number of fused-ring (bicyclic) bond motifs is 1. The van der Waals surface area contributed by atoms with Crippen LogP contribution in [0.3, 0.4) is 0 Å². The van der Waals surface area contributed by atoms with Gasteiger partial charge in [-0.15, -0.1) is 0 Å². The molecule has 20 heavy (non-hydrogen) atoms. The van der Waals surface area contributed by atoms with Crippen molar-refractivity contribution in [1.29, 1.82) is 0 Å². The van der Waals surface area contributed by atoms with E-state index in [2.05, 4.69) is 9.97 Å². The average molecular weight is 269 g/mol. The van der Waals surface area contributed by atoms with Crippen LogP contribution < -0.4 is 5.56 Å². The minimum atomic E-state index is -1.25. The molecule has 0 saturated heterocycles. The molecule has 0 unspecified atom stereocenters. The fourth-order valence-electron chi connectivity index (χ4n) is 2.24. The number of hydrogen-bond acceptors (Lipinski definition) is 3. The fourth-order valence-corrected chi connectivity index (χ4v) is 2.24. The lowest BCUT2D eigenvalue weighted by Crippen LogP contribution is -2.18. The number of H-pyrrole nitrogens is 1. The molecule has 0 atom stereocenters. The predicted octanol–water partition coefficient (Wildman–Crippen LogP) is 1.63. The Morgan fingerprint density at radius 3 is 2.90 bits per heavy atom. The van der Waals surface area contributed by atoms with Crippen LogP contribution in [0, 0.1) is 0 Å². The van der Waals surface area contributed by atoms with E-state index in [1.807, 2.05) is 17.7 Å². The van der Waals surface area contributed by atoms with Gasteiger partial charge >= 0.3 is 5.97 Å². The first kappa shape index (κ1) is 12.2. The molecule has 6 nitrogen and oxygen atoms in total. The molecule has 1 aromatic carbocycles. The van der Waals surface area contributed by atoms with Crippen LogP contribution in [0.15, 0.2) is 41.6 Å². The molecule has 0 bridgehead atoms. The van der Waals surface area contributed by atoms with E-state index in [-0.39, 0.29) is 5.56 Å². The van der Waals surface area contributed by atoms with Crippen molar-refractivity contribution in [2.45, 2.75) is 0 Å². The summed E-state index contributed by atoms with van der Waals surface area (Å²) in [6, 6.07) is 6.99. The summed E-state index contributed by atoms with van der Waals surface area (Å²) in [6.07, 6.45) is 3.12. The zero-order valence-corrected chi connectivity index (χ0v) is 10.6. The lowest BCUT2D eigenvalue weighted by atomic mass is 10.0. The number of carboxylic acid groups (broad SMARTS) is 1. The zero-order chi connectivity index (χ0) is 14.3. The highest BCUT2D eigenvalue weighted by Crippen LogP contribution is 2.24. The molecule has 3 rings (SSSR count). The van der Waals surface area contributed by atoms with E-state index in [0.29, 0.717) is 11.1 Å². The topological polar surface area (TPSA) is 88.0 Å². The van der Waals surface area contributed by atoms with Gasteiger partial charge in [-0.25, -0.2) is 9.78 Å². The van der Waals surface area contributed by atoms with E-state index < -0.39 is 11.5 Å².